The van der Waals surface area contributed by atoms with Crippen molar-refractivity contribution in [2.75, 3.05) is 18.3 Å². The van der Waals surface area contributed by atoms with Crippen LogP contribution in [0.5, 0.6) is 11.5 Å². The zero-order chi connectivity index (χ0) is 18.7. The fourth-order valence-corrected chi connectivity index (χ4v) is 4.81. The number of nitrogens with one attached hydrogen (secondary N) is 1. The van der Waals surface area contributed by atoms with Gasteiger partial charge in [-0.15, -0.1) is 0 Å². The molecule has 2 atom stereocenters. The van der Waals surface area contributed by atoms with Crippen LogP contribution in [0.3, 0.4) is 0 Å². The second kappa shape index (κ2) is 7.53. The predicted molar refractivity (Wildman–Crippen MR) is 91.3 cm³/mol. The van der Waals surface area contributed by atoms with Crippen LogP contribution < -0.4 is 14.8 Å². The van der Waals surface area contributed by atoms with E-state index in [2.05, 4.69) is 5.32 Å². The molecule has 0 saturated carbocycles. The van der Waals surface area contributed by atoms with Crippen LogP contribution in [0.4, 0.5) is 0 Å². The average molecular weight is 383 g/mol. The second-order valence-electron chi connectivity index (χ2n) is 6.51. The topological polar surface area (TPSA) is 108 Å². The van der Waals surface area contributed by atoms with E-state index in [1.54, 1.807) is 12.1 Å². The van der Waals surface area contributed by atoms with E-state index in [9.17, 15) is 18.0 Å². The van der Waals surface area contributed by atoms with Gasteiger partial charge in [-0.25, -0.2) is 8.42 Å². The van der Waals surface area contributed by atoms with Gasteiger partial charge in [-0.05, 0) is 37.0 Å². The van der Waals surface area contributed by atoms with Crippen LogP contribution in [0.1, 0.15) is 25.3 Å². The van der Waals surface area contributed by atoms with Crippen molar-refractivity contribution in [1.82, 2.24) is 5.32 Å². The van der Waals surface area contributed by atoms with Gasteiger partial charge in [0.1, 0.15) is 0 Å². The molecule has 1 N–H and O–H groups in total. The monoisotopic (exact) mass is 383 g/mol. The summed E-state index contributed by atoms with van der Waals surface area (Å²) in [5, 5.41) is 2.69. The first-order chi connectivity index (χ1) is 12.3. The summed E-state index contributed by atoms with van der Waals surface area (Å²) in [4.78, 5) is 24.0. The average Bonchev–Trinajstić information content (AvgIpc) is 3.17. The third-order valence-corrected chi connectivity index (χ3v) is 6.20. The van der Waals surface area contributed by atoms with Crippen molar-refractivity contribution in [1.29, 1.82) is 0 Å². The summed E-state index contributed by atoms with van der Waals surface area (Å²) in [6, 6.07) is 5.35. The van der Waals surface area contributed by atoms with Gasteiger partial charge >= 0.3 is 5.97 Å². The van der Waals surface area contributed by atoms with Crippen LogP contribution in [0, 0.1) is 5.92 Å². The number of amides is 1. The zero-order valence-corrected chi connectivity index (χ0v) is 15.2. The molecule has 8 nitrogen and oxygen atoms in total. The van der Waals surface area contributed by atoms with Crippen molar-refractivity contribution >= 4 is 21.7 Å². The molecule has 1 fully saturated rings. The molecule has 1 saturated heterocycles. The quantitative estimate of drug-likeness (QED) is 0.724. The summed E-state index contributed by atoms with van der Waals surface area (Å²) in [7, 11) is -3.04. The maximum Gasteiger partial charge on any atom is 0.306 e. The fourth-order valence-electron chi connectivity index (χ4n) is 2.95. The van der Waals surface area contributed by atoms with E-state index in [-0.39, 0.29) is 37.2 Å². The highest BCUT2D eigenvalue weighted by atomic mass is 32.2. The standard InChI is InChI=1S/C17H21NO7S/c1-11(25-16(19)7-13-4-5-26(21,22)9-13)17(20)18-8-12-2-3-14-15(6-12)24-10-23-14/h2-3,6,11,13H,4-5,7-10H2,1H3,(H,18,20)/t11-,13+/m0/s1. The number of sulfone groups is 1. The molecule has 2 aliphatic rings. The Labute approximate surface area is 151 Å². The first kappa shape index (κ1) is 18.5. The maximum atomic E-state index is 12.1. The molecule has 1 aromatic carbocycles. The summed E-state index contributed by atoms with van der Waals surface area (Å²) in [5.74, 6) is 0.201. The molecular formula is C17H21NO7S. The van der Waals surface area contributed by atoms with E-state index < -0.39 is 27.8 Å². The van der Waals surface area contributed by atoms with Gasteiger partial charge in [-0.3, -0.25) is 9.59 Å². The summed E-state index contributed by atoms with van der Waals surface area (Å²) >= 11 is 0. The molecule has 0 bridgehead atoms. The van der Waals surface area contributed by atoms with Gasteiger partial charge in [0, 0.05) is 13.0 Å². The Hall–Kier alpha value is -2.29. The van der Waals surface area contributed by atoms with E-state index in [0.29, 0.717) is 17.9 Å². The van der Waals surface area contributed by atoms with E-state index in [1.807, 2.05) is 6.07 Å². The number of ether oxygens (including phenoxy) is 3. The van der Waals surface area contributed by atoms with Gasteiger partial charge in [0.25, 0.3) is 5.91 Å². The van der Waals surface area contributed by atoms with Crippen molar-refractivity contribution in [2.45, 2.75) is 32.4 Å². The number of hydrogen-bond donors (Lipinski definition) is 1. The van der Waals surface area contributed by atoms with Crippen LogP contribution in [-0.2, 0) is 30.7 Å². The van der Waals surface area contributed by atoms with Crippen molar-refractivity contribution in [3.63, 3.8) is 0 Å². The largest absolute Gasteiger partial charge is 0.454 e. The van der Waals surface area contributed by atoms with E-state index in [4.69, 9.17) is 14.2 Å². The molecular weight excluding hydrogens is 362 g/mol. The SMILES string of the molecule is C[C@H](OC(=O)C[C@H]1CCS(=O)(=O)C1)C(=O)NCc1ccc2c(c1)OCO2. The number of hydrogen-bond acceptors (Lipinski definition) is 7. The van der Waals surface area contributed by atoms with Crippen LogP contribution in [-0.4, -0.2) is 44.7 Å². The number of fused-ring (bicyclic) bond motifs is 1. The highest BCUT2D eigenvalue weighted by Crippen LogP contribution is 2.32. The molecule has 0 spiro atoms. The first-order valence-corrected chi connectivity index (χ1v) is 10.2. The van der Waals surface area contributed by atoms with E-state index in [0.717, 1.165) is 5.56 Å². The van der Waals surface area contributed by atoms with Gasteiger partial charge in [-0.1, -0.05) is 6.07 Å². The van der Waals surface area contributed by atoms with Crippen LogP contribution in [0.2, 0.25) is 0 Å². The van der Waals surface area contributed by atoms with Crippen LogP contribution in [0.15, 0.2) is 18.2 Å². The third-order valence-electron chi connectivity index (χ3n) is 4.36. The smallest absolute Gasteiger partial charge is 0.306 e. The Balaban J connectivity index is 1.43. The highest BCUT2D eigenvalue weighted by Gasteiger charge is 2.30. The summed E-state index contributed by atoms with van der Waals surface area (Å²) in [5.41, 5.74) is 0.831. The molecule has 0 unspecified atom stereocenters. The minimum Gasteiger partial charge on any atom is -0.454 e. The fraction of sp³-hybridized carbons (Fsp3) is 0.529. The number of carbonyl (C=O) groups is 2. The van der Waals surface area contributed by atoms with Crippen LogP contribution >= 0.6 is 0 Å². The minimum absolute atomic E-state index is 0.00674. The molecule has 9 heteroatoms. The van der Waals surface area contributed by atoms with Gasteiger partial charge in [0.2, 0.25) is 6.79 Å². The molecule has 0 aliphatic carbocycles. The van der Waals surface area contributed by atoms with E-state index in [1.165, 1.54) is 6.92 Å². The van der Waals surface area contributed by atoms with Gasteiger partial charge < -0.3 is 19.5 Å². The molecule has 1 aromatic rings. The number of rotatable bonds is 6. The molecule has 0 radical (unpaired) electrons. The summed E-state index contributed by atoms with van der Waals surface area (Å²) in [6.45, 7) is 1.93. The lowest BCUT2D eigenvalue weighted by Crippen LogP contribution is -2.35. The van der Waals surface area contributed by atoms with E-state index >= 15 is 0 Å². The summed E-state index contributed by atoms with van der Waals surface area (Å²) in [6.07, 6.45) is -0.476. The Kier molecular flexibility index (Phi) is 5.36. The lowest BCUT2D eigenvalue weighted by atomic mass is 10.1. The van der Waals surface area contributed by atoms with Crippen molar-refractivity contribution in [2.24, 2.45) is 5.92 Å². The van der Waals surface area contributed by atoms with Crippen molar-refractivity contribution < 1.29 is 32.2 Å². The predicted octanol–water partition coefficient (Wildman–Crippen LogP) is 0.788. The maximum absolute atomic E-state index is 12.1. The van der Waals surface area contributed by atoms with Gasteiger partial charge in [-0.2, -0.15) is 0 Å². The molecule has 1 amide bonds. The number of carbonyl (C=O) groups excluding carboxylic acids is 2. The molecule has 3 rings (SSSR count). The highest BCUT2D eigenvalue weighted by molar-refractivity contribution is 7.91. The third kappa shape index (κ3) is 4.66. The van der Waals surface area contributed by atoms with Crippen LogP contribution in [0.25, 0.3) is 0 Å². The Morgan fingerprint density at radius 1 is 1.31 bits per heavy atom. The zero-order valence-electron chi connectivity index (χ0n) is 14.4. The van der Waals surface area contributed by atoms with Gasteiger partial charge in [0.15, 0.2) is 27.4 Å². The molecule has 26 heavy (non-hydrogen) atoms. The number of esters is 1. The lowest BCUT2D eigenvalue weighted by Gasteiger charge is -2.15. The molecule has 2 aliphatic heterocycles. The summed E-state index contributed by atoms with van der Waals surface area (Å²) < 4.78 is 38.4. The molecule has 142 valence electrons. The van der Waals surface area contributed by atoms with Crippen molar-refractivity contribution in [3.8, 4) is 11.5 Å². The van der Waals surface area contributed by atoms with Crippen molar-refractivity contribution in [3.05, 3.63) is 23.8 Å². The Morgan fingerprint density at radius 2 is 2.08 bits per heavy atom. The second-order valence-corrected chi connectivity index (χ2v) is 8.74. The normalized spacial score (nSPS) is 21.2. The van der Waals surface area contributed by atoms with Gasteiger partial charge in [0.05, 0.1) is 11.5 Å². The molecule has 0 aromatic heterocycles. The minimum atomic E-state index is -3.04. The lowest BCUT2D eigenvalue weighted by molar-refractivity contribution is -0.155. The first-order valence-electron chi connectivity index (χ1n) is 8.38. The Bertz CT molecular complexity index is 805. The Morgan fingerprint density at radius 3 is 2.81 bits per heavy atom. The number of benzene rings is 1. The molecule has 2 heterocycles.